The van der Waals surface area contributed by atoms with Crippen molar-refractivity contribution in [3.8, 4) is 0 Å². The number of anilines is 2. The smallest absolute Gasteiger partial charge is 0.259 e. The molecule has 11 nitrogen and oxygen atoms in total. The Morgan fingerprint density at radius 3 is 2.30 bits per heavy atom. The first-order valence-corrected chi connectivity index (χ1v) is 16.6. The Labute approximate surface area is 273 Å². The zero-order chi connectivity index (χ0) is 32.7. The Morgan fingerprint density at radius 2 is 1.60 bits per heavy atom. The number of nitrogens with zero attached hydrogens (tertiary/aromatic N) is 6. The van der Waals surface area contributed by atoms with Crippen LogP contribution < -0.4 is 25.9 Å². The lowest BCUT2D eigenvalue weighted by atomic mass is 10.0. The Balaban J connectivity index is 1.15. The van der Waals surface area contributed by atoms with E-state index >= 15 is 0 Å². The van der Waals surface area contributed by atoms with E-state index in [9.17, 15) is 14.4 Å². The molecule has 2 saturated heterocycles. The highest BCUT2D eigenvalue weighted by atomic mass is 16.2. The van der Waals surface area contributed by atoms with Gasteiger partial charge in [0, 0.05) is 64.6 Å². The lowest BCUT2D eigenvalue weighted by Crippen LogP contribution is -2.45. The molecular formula is C36H42N8O3. The highest BCUT2D eigenvalue weighted by Gasteiger charge is 2.26. The van der Waals surface area contributed by atoms with E-state index in [4.69, 9.17) is 4.98 Å². The number of rotatable bonds is 8. The number of para-hydroxylation sites is 2. The van der Waals surface area contributed by atoms with Crippen LogP contribution in [0.25, 0.3) is 27.7 Å². The second kappa shape index (κ2) is 12.7. The van der Waals surface area contributed by atoms with E-state index < -0.39 is 0 Å². The summed E-state index contributed by atoms with van der Waals surface area (Å²) in [6, 6.07) is 19.3. The molecule has 7 rings (SSSR count). The molecular weight excluding hydrogens is 592 g/mol. The number of amides is 2. The molecule has 2 amide bonds. The van der Waals surface area contributed by atoms with Gasteiger partial charge in [0.2, 0.25) is 5.43 Å². The summed E-state index contributed by atoms with van der Waals surface area (Å²) in [5.41, 5.74) is 4.38. The van der Waals surface area contributed by atoms with Crippen LogP contribution in [0.3, 0.4) is 0 Å². The molecule has 0 unspecified atom stereocenters. The van der Waals surface area contributed by atoms with E-state index in [1.54, 1.807) is 6.07 Å². The average molecular weight is 635 g/mol. The second-order valence-corrected chi connectivity index (χ2v) is 12.9. The molecule has 0 atom stereocenters. The number of imidazole rings is 1. The number of benzene rings is 2. The van der Waals surface area contributed by atoms with Gasteiger partial charge in [-0.15, -0.1) is 0 Å². The largest absolute Gasteiger partial charge is 0.378 e. The minimum Gasteiger partial charge on any atom is -0.378 e. The molecule has 47 heavy (non-hydrogen) atoms. The Morgan fingerprint density at radius 1 is 0.894 bits per heavy atom. The van der Waals surface area contributed by atoms with E-state index in [1.165, 1.54) is 12.8 Å². The van der Waals surface area contributed by atoms with Gasteiger partial charge in [-0.1, -0.05) is 12.1 Å². The molecule has 0 bridgehead atoms. The minimum atomic E-state index is -0.360. The molecule has 2 fully saturated rings. The zero-order valence-electron chi connectivity index (χ0n) is 27.3. The SMILES string of the molecule is CN(C)c1ccc(C(=O)NC2CCN(c3ccc4c(=O)c(C(=O)NCCN5CCCC5)c5n(C)c6ccccc6n5c4n3)CC2)cc1. The number of hydrogen-bond donors (Lipinski definition) is 2. The molecule has 2 aromatic carbocycles. The summed E-state index contributed by atoms with van der Waals surface area (Å²) in [7, 11) is 5.84. The van der Waals surface area contributed by atoms with Crippen molar-refractivity contribution < 1.29 is 9.59 Å². The first-order valence-electron chi connectivity index (χ1n) is 16.6. The van der Waals surface area contributed by atoms with Crippen molar-refractivity contribution in [2.75, 3.05) is 63.2 Å². The summed E-state index contributed by atoms with van der Waals surface area (Å²) in [5, 5.41) is 6.64. The Hall–Kier alpha value is -4.90. The van der Waals surface area contributed by atoms with Crippen LogP contribution in [0.4, 0.5) is 11.5 Å². The van der Waals surface area contributed by atoms with Gasteiger partial charge >= 0.3 is 0 Å². The molecule has 2 aliphatic heterocycles. The van der Waals surface area contributed by atoms with Crippen LogP contribution >= 0.6 is 0 Å². The summed E-state index contributed by atoms with van der Waals surface area (Å²) in [4.78, 5) is 52.3. The summed E-state index contributed by atoms with van der Waals surface area (Å²) in [5.74, 6) is 0.345. The quantitative estimate of drug-likeness (QED) is 0.269. The molecule has 5 heterocycles. The standard InChI is InChI=1S/C36H42N8O3/c1-40(2)26-12-10-24(11-13-26)34(46)38-25-16-21-43(22-17-25)30-15-14-27-32(45)31(35(47)37-18-23-42-19-6-7-20-42)36-41(3)28-8-4-5-9-29(28)44(36)33(27)39-30/h4-5,8-15,25H,6-7,16-23H2,1-3H3,(H,37,47)(H,38,46). The summed E-state index contributed by atoms with van der Waals surface area (Å²) in [6.07, 6.45) is 3.93. The van der Waals surface area contributed by atoms with Crippen LogP contribution in [0, 0.1) is 0 Å². The van der Waals surface area contributed by atoms with Gasteiger partial charge in [0.25, 0.3) is 11.8 Å². The number of fused-ring (bicyclic) bond motifs is 5. The van der Waals surface area contributed by atoms with E-state index in [1.807, 2.05) is 89.6 Å². The Bertz CT molecular complexity index is 2020. The molecule has 2 aliphatic rings. The lowest BCUT2D eigenvalue weighted by molar-refractivity contribution is 0.0928. The molecule has 5 aromatic rings. The number of piperidine rings is 1. The number of likely N-dealkylation sites (tertiary alicyclic amines) is 1. The van der Waals surface area contributed by atoms with E-state index in [0.29, 0.717) is 41.9 Å². The maximum absolute atomic E-state index is 14.0. The van der Waals surface area contributed by atoms with Crippen LogP contribution in [0.1, 0.15) is 46.4 Å². The average Bonchev–Trinajstić information content (AvgIpc) is 3.71. The van der Waals surface area contributed by atoms with Crippen LogP contribution in [0.15, 0.2) is 65.5 Å². The van der Waals surface area contributed by atoms with Gasteiger partial charge in [-0.3, -0.25) is 18.8 Å². The van der Waals surface area contributed by atoms with Crippen LogP contribution in [0.2, 0.25) is 0 Å². The Kier molecular flexibility index (Phi) is 8.31. The van der Waals surface area contributed by atoms with Gasteiger partial charge in [0.15, 0.2) is 5.65 Å². The molecule has 2 N–H and O–H groups in total. The van der Waals surface area contributed by atoms with Crippen molar-refractivity contribution in [1.82, 2.24) is 29.5 Å². The summed E-state index contributed by atoms with van der Waals surface area (Å²) in [6.45, 7) is 4.79. The van der Waals surface area contributed by atoms with Gasteiger partial charge in [0.05, 0.1) is 16.4 Å². The van der Waals surface area contributed by atoms with E-state index in [-0.39, 0.29) is 28.8 Å². The van der Waals surface area contributed by atoms with Gasteiger partial charge in [0.1, 0.15) is 17.0 Å². The second-order valence-electron chi connectivity index (χ2n) is 12.9. The third-order valence-corrected chi connectivity index (χ3v) is 9.72. The number of carbonyl (C=O) groups excluding carboxylic acids is 2. The van der Waals surface area contributed by atoms with Crippen molar-refractivity contribution >= 4 is 51.0 Å². The van der Waals surface area contributed by atoms with Crippen LogP contribution in [-0.2, 0) is 7.05 Å². The van der Waals surface area contributed by atoms with Gasteiger partial charge in [-0.2, -0.15) is 0 Å². The monoisotopic (exact) mass is 634 g/mol. The fraction of sp³-hybridized carbons (Fsp3) is 0.389. The summed E-state index contributed by atoms with van der Waals surface area (Å²) < 4.78 is 3.88. The topological polar surface area (TPSA) is 107 Å². The van der Waals surface area contributed by atoms with Crippen LogP contribution in [0.5, 0.6) is 0 Å². The predicted octanol–water partition coefficient (Wildman–Crippen LogP) is 3.63. The zero-order valence-corrected chi connectivity index (χ0v) is 27.3. The van der Waals surface area contributed by atoms with E-state index in [2.05, 4.69) is 20.4 Å². The lowest BCUT2D eigenvalue weighted by Gasteiger charge is -2.33. The molecule has 3 aromatic heterocycles. The fourth-order valence-corrected chi connectivity index (χ4v) is 7.07. The summed E-state index contributed by atoms with van der Waals surface area (Å²) >= 11 is 0. The van der Waals surface area contributed by atoms with Crippen molar-refractivity contribution in [1.29, 1.82) is 0 Å². The number of pyridine rings is 2. The molecule has 0 aliphatic carbocycles. The maximum atomic E-state index is 14.0. The number of carbonyl (C=O) groups is 2. The number of hydrogen-bond acceptors (Lipinski definition) is 7. The number of nitrogens with one attached hydrogen (secondary N) is 2. The third-order valence-electron chi connectivity index (χ3n) is 9.72. The number of aryl methyl sites for hydroxylation is 1. The first-order chi connectivity index (χ1) is 22.8. The fourth-order valence-electron chi connectivity index (χ4n) is 7.07. The molecule has 0 radical (unpaired) electrons. The van der Waals surface area contributed by atoms with E-state index in [0.717, 1.165) is 55.0 Å². The maximum Gasteiger partial charge on any atom is 0.259 e. The highest BCUT2D eigenvalue weighted by molar-refractivity contribution is 6.06. The van der Waals surface area contributed by atoms with Gasteiger partial charge < -0.3 is 29.9 Å². The normalized spacial score (nSPS) is 15.9. The highest BCUT2D eigenvalue weighted by Crippen LogP contribution is 2.28. The predicted molar refractivity (Wildman–Crippen MR) is 187 cm³/mol. The number of aromatic nitrogens is 3. The molecule has 0 saturated carbocycles. The molecule has 11 heteroatoms. The molecule has 244 valence electrons. The van der Waals surface area contributed by atoms with Crippen molar-refractivity contribution in [2.24, 2.45) is 7.05 Å². The van der Waals surface area contributed by atoms with Gasteiger partial charge in [-0.25, -0.2) is 4.98 Å². The van der Waals surface area contributed by atoms with Gasteiger partial charge in [-0.05, 0) is 87.3 Å². The third kappa shape index (κ3) is 5.80. The van der Waals surface area contributed by atoms with Crippen molar-refractivity contribution in [2.45, 2.75) is 31.7 Å². The van der Waals surface area contributed by atoms with Crippen molar-refractivity contribution in [3.63, 3.8) is 0 Å². The van der Waals surface area contributed by atoms with Crippen LogP contribution in [-0.4, -0.2) is 90.1 Å². The molecule has 0 spiro atoms. The minimum absolute atomic E-state index is 0.0617. The van der Waals surface area contributed by atoms with Crippen molar-refractivity contribution in [3.05, 3.63) is 82.0 Å². The first kappa shape index (κ1) is 30.7.